The Morgan fingerprint density at radius 1 is 1.38 bits per heavy atom. The first-order chi connectivity index (χ1) is 7.75. The maximum absolute atomic E-state index is 5.83. The predicted molar refractivity (Wildman–Crippen MR) is 64.6 cm³/mol. The molecule has 0 aliphatic heterocycles. The summed E-state index contributed by atoms with van der Waals surface area (Å²) in [5.41, 5.74) is 0. The highest BCUT2D eigenvalue weighted by Crippen LogP contribution is 2.22. The molecule has 3 nitrogen and oxygen atoms in total. The highest BCUT2D eigenvalue weighted by Gasteiger charge is 2.11. The van der Waals surface area contributed by atoms with E-state index < -0.39 is 0 Å². The van der Waals surface area contributed by atoms with Gasteiger partial charge >= 0.3 is 0 Å². The van der Waals surface area contributed by atoms with Gasteiger partial charge in [0.15, 0.2) is 5.82 Å². The second kappa shape index (κ2) is 5.37. The van der Waals surface area contributed by atoms with Gasteiger partial charge in [-0.1, -0.05) is 23.4 Å². The number of rotatable bonds is 4. The lowest BCUT2D eigenvalue weighted by molar-refractivity contribution is 0.375. The van der Waals surface area contributed by atoms with Gasteiger partial charge in [0.2, 0.25) is 5.89 Å². The number of hydrogen-bond acceptors (Lipinski definition) is 4. The van der Waals surface area contributed by atoms with Crippen LogP contribution in [0.4, 0.5) is 0 Å². The van der Waals surface area contributed by atoms with E-state index in [0.29, 0.717) is 17.5 Å². The molecule has 5 heteroatoms. The molecule has 1 atom stereocenters. The molecule has 84 valence electrons. The molecule has 0 amide bonds. The van der Waals surface area contributed by atoms with Crippen molar-refractivity contribution in [3.63, 3.8) is 0 Å². The Morgan fingerprint density at radius 2 is 2.12 bits per heavy atom. The van der Waals surface area contributed by atoms with Crippen LogP contribution in [0, 0.1) is 0 Å². The Morgan fingerprint density at radius 3 is 2.75 bits per heavy atom. The predicted octanol–water partition coefficient (Wildman–Crippen LogP) is 3.66. The third-order valence-corrected chi connectivity index (χ3v) is 3.13. The van der Waals surface area contributed by atoms with E-state index in [0.717, 1.165) is 0 Å². The molecule has 1 aromatic carbocycles. The van der Waals surface area contributed by atoms with Crippen LogP contribution in [-0.2, 0) is 5.75 Å². The lowest BCUT2D eigenvalue weighted by Crippen LogP contribution is -1.86. The van der Waals surface area contributed by atoms with Crippen LogP contribution < -0.4 is 0 Å². The van der Waals surface area contributed by atoms with Crippen molar-refractivity contribution in [3.8, 4) is 0 Å². The van der Waals surface area contributed by atoms with Crippen LogP contribution in [0.3, 0.4) is 0 Å². The van der Waals surface area contributed by atoms with Gasteiger partial charge in [0.1, 0.15) is 5.38 Å². The number of halogens is 1. The Kier molecular flexibility index (Phi) is 3.85. The molecular formula is C11H11ClN2OS. The topological polar surface area (TPSA) is 38.9 Å². The maximum atomic E-state index is 5.83. The summed E-state index contributed by atoms with van der Waals surface area (Å²) >= 11 is 7.50. The molecule has 0 saturated carbocycles. The first kappa shape index (κ1) is 11.5. The minimum atomic E-state index is -0.233. The molecule has 1 unspecified atom stereocenters. The Bertz CT molecular complexity index is 444. The zero-order chi connectivity index (χ0) is 11.4. The molecule has 0 N–H and O–H groups in total. The molecule has 2 rings (SSSR count). The van der Waals surface area contributed by atoms with E-state index in [1.807, 2.05) is 25.1 Å². The summed E-state index contributed by atoms with van der Waals surface area (Å²) < 4.78 is 5.01. The number of thioether (sulfide) groups is 1. The molecule has 1 heterocycles. The van der Waals surface area contributed by atoms with Gasteiger partial charge in [0.25, 0.3) is 0 Å². The van der Waals surface area contributed by atoms with Gasteiger partial charge < -0.3 is 4.52 Å². The zero-order valence-electron chi connectivity index (χ0n) is 8.76. The van der Waals surface area contributed by atoms with E-state index in [1.54, 1.807) is 11.8 Å². The molecule has 1 aromatic heterocycles. The highest BCUT2D eigenvalue weighted by molar-refractivity contribution is 7.98. The summed E-state index contributed by atoms with van der Waals surface area (Å²) in [4.78, 5) is 5.38. The smallest absolute Gasteiger partial charge is 0.244 e. The monoisotopic (exact) mass is 254 g/mol. The van der Waals surface area contributed by atoms with E-state index in [1.165, 1.54) is 4.90 Å². The van der Waals surface area contributed by atoms with Gasteiger partial charge in [-0.3, -0.25) is 0 Å². The van der Waals surface area contributed by atoms with E-state index in [4.69, 9.17) is 16.1 Å². The summed E-state index contributed by atoms with van der Waals surface area (Å²) in [7, 11) is 0. The van der Waals surface area contributed by atoms with Crippen molar-refractivity contribution in [3.05, 3.63) is 42.0 Å². The van der Waals surface area contributed by atoms with Gasteiger partial charge in [0, 0.05) is 4.90 Å². The van der Waals surface area contributed by atoms with Crippen LogP contribution in [-0.4, -0.2) is 10.1 Å². The lowest BCUT2D eigenvalue weighted by Gasteiger charge is -1.96. The molecule has 0 radical (unpaired) electrons. The fourth-order valence-electron chi connectivity index (χ4n) is 1.15. The second-order valence-electron chi connectivity index (χ2n) is 3.27. The number of hydrogen-bond donors (Lipinski definition) is 0. The van der Waals surface area contributed by atoms with E-state index in [2.05, 4.69) is 22.3 Å². The second-order valence-corrected chi connectivity index (χ2v) is 4.97. The average molecular weight is 255 g/mol. The van der Waals surface area contributed by atoms with Crippen LogP contribution >= 0.6 is 23.4 Å². The van der Waals surface area contributed by atoms with Crippen molar-refractivity contribution in [1.82, 2.24) is 10.1 Å². The molecule has 2 aromatic rings. The molecule has 0 saturated heterocycles. The maximum Gasteiger partial charge on any atom is 0.244 e. The number of aromatic nitrogens is 2. The van der Waals surface area contributed by atoms with Crippen molar-refractivity contribution < 1.29 is 4.52 Å². The first-order valence-corrected chi connectivity index (χ1v) is 6.32. The van der Waals surface area contributed by atoms with Gasteiger partial charge in [-0.2, -0.15) is 4.98 Å². The number of nitrogens with zero attached hydrogens (tertiary/aromatic N) is 2. The summed E-state index contributed by atoms with van der Waals surface area (Å²) in [6.07, 6.45) is 0. The SMILES string of the molecule is CC(Cl)c1nc(CSc2ccccc2)no1. The third kappa shape index (κ3) is 3.00. The Hall–Kier alpha value is -1.00. The lowest BCUT2D eigenvalue weighted by atomic mass is 10.4. The van der Waals surface area contributed by atoms with Crippen molar-refractivity contribution in [1.29, 1.82) is 0 Å². The Labute approximate surface area is 103 Å². The van der Waals surface area contributed by atoms with Crippen LogP contribution in [0.2, 0.25) is 0 Å². The van der Waals surface area contributed by atoms with Crippen LogP contribution in [0.25, 0.3) is 0 Å². The first-order valence-electron chi connectivity index (χ1n) is 4.90. The van der Waals surface area contributed by atoms with Gasteiger partial charge in [-0.05, 0) is 19.1 Å². The Balaban J connectivity index is 1.95. The van der Waals surface area contributed by atoms with Crippen LogP contribution in [0.5, 0.6) is 0 Å². The minimum absolute atomic E-state index is 0.233. The third-order valence-electron chi connectivity index (χ3n) is 1.94. The number of benzene rings is 1. The largest absolute Gasteiger partial charge is 0.338 e. The molecule has 16 heavy (non-hydrogen) atoms. The standard InChI is InChI=1S/C11H11ClN2OS/c1-8(12)11-13-10(14-15-11)7-16-9-5-3-2-4-6-9/h2-6,8H,7H2,1H3. The zero-order valence-corrected chi connectivity index (χ0v) is 10.3. The summed E-state index contributed by atoms with van der Waals surface area (Å²) in [6, 6.07) is 10.1. The van der Waals surface area contributed by atoms with Crippen molar-refractivity contribution in [2.24, 2.45) is 0 Å². The van der Waals surface area contributed by atoms with E-state index in [9.17, 15) is 0 Å². The van der Waals surface area contributed by atoms with Gasteiger partial charge in [-0.15, -0.1) is 23.4 Å². The normalized spacial score (nSPS) is 12.6. The molecule has 0 spiro atoms. The molecule has 0 bridgehead atoms. The quantitative estimate of drug-likeness (QED) is 0.617. The average Bonchev–Trinajstić information content (AvgIpc) is 2.76. The summed E-state index contributed by atoms with van der Waals surface area (Å²) in [6.45, 7) is 1.81. The summed E-state index contributed by atoms with van der Waals surface area (Å²) in [5, 5.41) is 3.63. The molecular weight excluding hydrogens is 244 g/mol. The van der Waals surface area contributed by atoms with Crippen molar-refractivity contribution in [2.45, 2.75) is 22.9 Å². The molecule has 0 aliphatic rings. The molecule has 0 fully saturated rings. The van der Waals surface area contributed by atoms with Gasteiger partial charge in [-0.25, -0.2) is 0 Å². The number of alkyl halides is 1. The fraction of sp³-hybridized carbons (Fsp3) is 0.273. The van der Waals surface area contributed by atoms with Crippen molar-refractivity contribution >= 4 is 23.4 Å². The van der Waals surface area contributed by atoms with Crippen LogP contribution in [0.15, 0.2) is 39.8 Å². The molecule has 0 aliphatic carbocycles. The van der Waals surface area contributed by atoms with Crippen LogP contribution in [0.1, 0.15) is 24.0 Å². The summed E-state index contributed by atoms with van der Waals surface area (Å²) in [5.74, 6) is 1.85. The van der Waals surface area contributed by atoms with Gasteiger partial charge in [0.05, 0.1) is 5.75 Å². The van der Waals surface area contributed by atoms with E-state index >= 15 is 0 Å². The van der Waals surface area contributed by atoms with Crippen molar-refractivity contribution in [2.75, 3.05) is 0 Å². The highest BCUT2D eigenvalue weighted by atomic mass is 35.5. The fourth-order valence-corrected chi connectivity index (χ4v) is 2.00. The minimum Gasteiger partial charge on any atom is -0.338 e. The van der Waals surface area contributed by atoms with E-state index in [-0.39, 0.29) is 5.38 Å².